The monoisotopic (exact) mass is 550 g/mol. The van der Waals surface area contributed by atoms with Crippen LogP contribution < -0.4 is 13.6 Å². The third kappa shape index (κ3) is 9.46. The maximum atomic E-state index is 14.4. The molecular formula is C34H47O4P. The van der Waals surface area contributed by atoms with Crippen LogP contribution in [0.15, 0.2) is 66.7 Å². The summed E-state index contributed by atoms with van der Waals surface area (Å²) in [6.07, 6.45) is 12.9. The number of benzene rings is 3. The number of hydrogen-bond donors (Lipinski definition) is 0. The van der Waals surface area contributed by atoms with E-state index in [0.717, 1.165) is 70.6 Å². The third-order valence-corrected chi connectivity index (χ3v) is 8.28. The minimum Gasteiger partial charge on any atom is -0.386 e. The summed E-state index contributed by atoms with van der Waals surface area (Å²) in [5.74, 6) is 1.55. The van der Waals surface area contributed by atoms with Gasteiger partial charge in [0.1, 0.15) is 17.2 Å². The molecule has 212 valence electrons. The zero-order valence-electron chi connectivity index (χ0n) is 24.4. The van der Waals surface area contributed by atoms with Gasteiger partial charge in [-0.2, -0.15) is 4.57 Å². The lowest BCUT2D eigenvalue weighted by molar-refractivity contribution is 0.297. The van der Waals surface area contributed by atoms with Crippen molar-refractivity contribution >= 4 is 7.82 Å². The average molecular weight is 551 g/mol. The summed E-state index contributed by atoms with van der Waals surface area (Å²) in [6.45, 7) is 8.94. The van der Waals surface area contributed by atoms with Crippen molar-refractivity contribution < 1.29 is 18.1 Å². The van der Waals surface area contributed by atoms with Gasteiger partial charge in [-0.15, -0.1) is 0 Å². The van der Waals surface area contributed by atoms with Gasteiger partial charge in [0.25, 0.3) is 0 Å². The van der Waals surface area contributed by atoms with Gasteiger partial charge in [0, 0.05) is 0 Å². The van der Waals surface area contributed by atoms with Crippen molar-refractivity contribution in [1.82, 2.24) is 0 Å². The van der Waals surface area contributed by atoms with Crippen LogP contribution in [-0.4, -0.2) is 0 Å². The van der Waals surface area contributed by atoms with Gasteiger partial charge in [-0.1, -0.05) is 89.8 Å². The van der Waals surface area contributed by atoms with Crippen LogP contribution in [0.4, 0.5) is 0 Å². The van der Waals surface area contributed by atoms with Crippen molar-refractivity contribution in [2.45, 2.75) is 105 Å². The normalized spacial score (nSPS) is 11.4. The molecule has 0 aliphatic heterocycles. The average Bonchev–Trinajstić information content (AvgIpc) is 2.94. The molecule has 3 aromatic carbocycles. The van der Waals surface area contributed by atoms with Crippen molar-refractivity contribution in [3.8, 4) is 17.2 Å². The van der Waals surface area contributed by atoms with Gasteiger partial charge >= 0.3 is 7.82 Å². The Morgan fingerprint density at radius 1 is 0.538 bits per heavy atom. The van der Waals surface area contributed by atoms with Crippen LogP contribution in [0, 0.1) is 0 Å². The first-order valence-corrected chi connectivity index (χ1v) is 16.4. The highest BCUT2D eigenvalue weighted by molar-refractivity contribution is 7.49. The standard InChI is InChI=1S/C34H47O4P/c1-5-9-19-28-27-34(33(26-12-8-4)32(25-11-7-3)31(28)24-10-6-2)38-39(35,36-29-20-15-13-16-21-29)37-30-22-17-14-18-23-30/h13-18,20-23,27H,5-12,19,24-26H2,1-4H3. The summed E-state index contributed by atoms with van der Waals surface area (Å²) in [5, 5.41) is 0. The van der Waals surface area contributed by atoms with Crippen LogP contribution in [0.3, 0.4) is 0 Å². The van der Waals surface area contributed by atoms with Crippen LogP contribution in [0.1, 0.15) is 101 Å². The van der Waals surface area contributed by atoms with E-state index in [2.05, 4.69) is 33.8 Å². The van der Waals surface area contributed by atoms with E-state index in [0.29, 0.717) is 17.2 Å². The Bertz CT molecular complexity index is 1120. The highest BCUT2D eigenvalue weighted by atomic mass is 31.2. The second kappa shape index (κ2) is 16.4. The Kier molecular flexibility index (Phi) is 13.0. The molecule has 3 aromatic rings. The van der Waals surface area contributed by atoms with E-state index < -0.39 is 7.82 Å². The SMILES string of the molecule is CCCCc1cc(OP(=O)(Oc2ccccc2)Oc2ccccc2)c(CCCC)c(CCCC)c1CCCC. The van der Waals surface area contributed by atoms with Crippen LogP contribution in [-0.2, 0) is 30.2 Å². The van der Waals surface area contributed by atoms with E-state index >= 15 is 0 Å². The Labute approximate surface area is 236 Å². The molecule has 0 saturated heterocycles. The van der Waals surface area contributed by atoms with Crippen LogP contribution in [0.2, 0.25) is 0 Å². The molecule has 0 unspecified atom stereocenters. The smallest absolute Gasteiger partial charge is 0.386 e. The topological polar surface area (TPSA) is 44.8 Å². The molecular weight excluding hydrogens is 503 g/mol. The van der Waals surface area contributed by atoms with Crippen molar-refractivity contribution in [2.24, 2.45) is 0 Å². The van der Waals surface area contributed by atoms with Crippen LogP contribution in [0.5, 0.6) is 17.2 Å². The van der Waals surface area contributed by atoms with Gasteiger partial charge in [-0.05, 0) is 104 Å². The molecule has 0 aliphatic rings. The number of rotatable bonds is 18. The molecule has 0 spiro atoms. The Balaban J connectivity index is 2.15. The maximum Gasteiger partial charge on any atom is 0.647 e. The predicted molar refractivity (Wildman–Crippen MR) is 163 cm³/mol. The molecule has 0 aromatic heterocycles. The second-order valence-corrected chi connectivity index (χ2v) is 11.7. The van der Waals surface area contributed by atoms with Gasteiger partial charge in [0.2, 0.25) is 0 Å². The molecule has 0 aliphatic carbocycles. The lowest BCUT2D eigenvalue weighted by Gasteiger charge is -2.25. The van der Waals surface area contributed by atoms with Crippen molar-refractivity contribution in [2.75, 3.05) is 0 Å². The molecule has 39 heavy (non-hydrogen) atoms. The number of phosphoric acid groups is 1. The number of para-hydroxylation sites is 2. The summed E-state index contributed by atoms with van der Waals surface area (Å²) in [6, 6.07) is 20.4. The van der Waals surface area contributed by atoms with Crippen LogP contribution in [0.25, 0.3) is 0 Å². The zero-order valence-corrected chi connectivity index (χ0v) is 25.3. The summed E-state index contributed by atoms with van der Waals surface area (Å²) in [5.41, 5.74) is 5.37. The molecule has 0 bridgehead atoms. The number of phosphoric ester groups is 1. The van der Waals surface area contributed by atoms with E-state index in [1.165, 1.54) is 28.7 Å². The molecule has 4 nitrogen and oxygen atoms in total. The Morgan fingerprint density at radius 3 is 1.46 bits per heavy atom. The van der Waals surface area contributed by atoms with E-state index in [9.17, 15) is 4.57 Å². The largest absolute Gasteiger partial charge is 0.647 e. The maximum absolute atomic E-state index is 14.4. The first kappa shape index (κ1) is 30.8. The molecule has 0 amide bonds. The van der Waals surface area contributed by atoms with E-state index in [4.69, 9.17) is 13.6 Å². The molecule has 0 fully saturated rings. The van der Waals surface area contributed by atoms with Gasteiger partial charge in [0.05, 0.1) is 0 Å². The molecule has 3 rings (SSSR count). The number of aryl methyl sites for hydroxylation is 1. The summed E-state index contributed by atoms with van der Waals surface area (Å²) in [7, 11) is -4.07. The fourth-order valence-corrected chi connectivity index (χ4v) is 6.15. The zero-order chi connectivity index (χ0) is 27.9. The van der Waals surface area contributed by atoms with Crippen LogP contribution >= 0.6 is 7.82 Å². The van der Waals surface area contributed by atoms with E-state index in [1.54, 1.807) is 24.3 Å². The Morgan fingerprint density at radius 2 is 0.974 bits per heavy atom. The molecule has 0 saturated carbocycles. The fraction of sp³-hybridized carbons (Fsp3) is 0.471. The first-order chi connectivity index (χ1) is 19.0. The summed E-state index contributed by atoms with van der Waals surface area (Å²) in [4.78, 5) is 0. The molecule has 0 N–H and O–H groups in total. The van der Waals surface area contributed by atoms with Crippen molar-refractivity contribution in [1.29, 1.82) is 0 Å². The minimum absolute atomic E-state index is 0.448. The van der Waals surface area contributed by atoms with Gasteiger partial charge in [0.15, 0.2) is 0 Å². The predicted octanol–water partition coefficient (Wildman–Crippen LogP) is 10.7. The van der Waals surface area contributed by atoms with Crippen molar-refractivity contribution in [3.05, 3.63) is 89.0 Å². The lowest BCUT2D eigenvalue weighted by Crippen LogP contribution is -2.12. The van der Waals surface area contributed by atoms with E-state index in [-0.39, 0.29) is 0 Å². The highest BCUT2D eigenvalue weighted by Gasteiger charge is 2.35. The van der Waals surface area contributed by atoms with Crippen molar-refractivity contribution in [3.63, 3.8) is 0 Å². The first-order valence-electron chi connectivity index (χ1n) is 15.0. The number of hydrogen-bond acceptors (Lipinski definition) is 4. The highest BCUT2D eigenvalue weighted by Crippen LogP contribution is 2.51. The third-order valence-electron chi connectivity index (χ3n) is 6.99. The number of unbranched alkanes of at least 4 members (excludes halogenated alkanes) is 4. The molecule has 0 atom stereocenters. The Hall–Kier alpha value is -2.71. The molecule has 5 heteroatoms. The fourth-order valence-electron chi connectivity index (χ4n) is 4.87. The molecule has 0 radical (unpaired) electrons. The summed E-state index contributed by atoms with van der Waals surface area (Å²) < 4.78 is 32.9. The van der Waals surface area contributed by atoms with Gasteiger partial charge in [-0.25, -0.2) is 0 Å². The minimum atomic E-state index is -4.07. The quantitative estimate of drug-likeness (QED) is 0.148. The second-order valence-electron chi connectivity index (χ2n) is 10.2. The lowest BCUT2D eigenvalue weighted by atomic mass is 9.85. The van der Waals surface area contributed by atoms with Gasteiger partial charge in [-0.3, -0.25) is 0 Å². The van der Waals surface area contributed by atoms with Gasteiger partial charge < -0.3 is 13.6 Å². The summed E-state index contributed by atoms with van der Waals surface area (Å²) >= 11 is 0. The van der Waals surface area contributed by atoms with E-state index in [1.807, 2.05) is 36.4 Å². The molecule has 0 heterocycles.